The second-order valence-electron chi connectivity index (χ2n) is 11.1. The second kappa shape index (κ2) is 30.4. The highest BCUT2D eigenvalue weighted by Crippen LogP contribution is 2.19. The molecular weight excluding hydrogens is 416 g/mol. The minimum absolute atomic E-state index is 0.662. The molecule has 0 aliphatic heterocycles. The summed E-state index contributed by atoms with van der Waals surface area (Å²) in [4.78, 5) is 0. The standard InChI is InChI=1S/C32H66S/c1-3-5-7-9-11-13-15-17-18-19-21-23-25-27-29-31-32(33)30-28-26-24-22-20-16-14-12-10-8-6-4-2/h32-33H,3-31H2,1-2H3. The molecule has 200 valence electrons. The Balaban J connectivity index is 3.13. The van der Waals surface area contributed by atoms with E-state index < -0.39 is 0 Å². The van der Waals surface area contributed by atoms with Crippen LogP contribution >= 0.6 is 12.6 Å². The van der Waals surface area contributed by atoms with Crippen LogP contribution in [0.5, 0.6) is 0 Å². The maximum absolute atomic E-state index is 4.86. The van der Waals surface area contributed by atoms with Crippen LogP contribution in [-0.4, -0.2) is 5.25 Å². The largest absolute Gasteiger partial charge is 0.176 e. The third-order valence-electron chi connectivity index (χ3n) is 7.53. The van der Waals surface area contributed by atoms with Crippen molar-refractivity contribution in [1.82, 2.24) is 0 Å². The average molecular weight is 483 g/mol. The minimum atomic E-state index is 0.662. The van der Waals surface area contributed by atoms with Crippen molar-refractivity contribution in [3.05, 3.63) is 0 Å². The van der Waals surface area contributed by atoms with E-state index in [1.54, 1.807) is 0 Å². The minimum Gasteiger partial charge on any atom is -0.176 e. The lowest BCUT2D eigenvalue weighted by Crippen LogP contribution is -1.98. The molecule has 0 aliphatic rings. The van der Waals surface area contributed by atoms with Gasteiger partial charge < -0.3 is 0 Å². The van der Waals surface area contributed by atoms with E-state index in [1.165, 1.54) is 186 Å². The first-order valence-electron chi connectivity index (χ1n) is 16.0. The molecule has 0 aromatic carbocycles. The molecule has 0 nitrogen and oxygen atoms in total. The smallest absolute Gasteiger partial charge is 0.00168 e. The van der Waals surface area contributed by atoms with Crippen LogP contribution in [0.1, 0.15) is 200 Å². The van der Waals surface area contributed by atoms with Crippen molar-refractivity contribution in [3.8, 4) is 0 Å². The molecule has 1 atom stereocenters. The molecule has 0 bridgehead atoms. The van der Waals surface area contributed by atoms with E-state index in [-0.39, 0.29) is 0 Å². The predicted octanol–water partition coefficient (Wildman–Crippen LogP) is 12.6. The van der Waals surface area contributed by atoms with Crippen molar-refractivity contribution < 1.29 is 0 Å². The molecule has 0 N–H and O–H groups in total. The lowest BCUT2D eigenvalue weighted by molar-refractivity contribution is 0.517. The Kier molecular flexibility index (Phi) is 30.7. The molecule has 0 spiro atoms. The van der Waals surface area contributed by atoms with Crippen molar-refractivity contribution in [3.63, 3.8) is 0 Å². The summed E-state index contributed by atoms with van der Waals surface area (Å²) >= 11 is 4.86. The topological polar surface area (TPSA) is 0 Å². The lowest BCUT2D eigenvalue weighted by atomic mass is 10.0. The highest BCUT2D eigenvalue weighted by molar-refractivity contribution is 7.80. The van der Waals surface area contributed by atoms with Crippen molar-refractivity contribution in [2.45, 2.75) is 205 Å². The van der Waals surface area contributed by atoms with Gasteiger partial charge in [-0.2, -0.15) is 12.6 Å². The molecule has 0 aromatic rings. The third kappa shape index (κ3) is 30.3. The van der Waals surface area contributed by atoms with Crippen LogP contribution < -0.4 is 0 Å². The zero-order valence-corrected chi connectivity index (χ0v) is 24.4. The monoisotopic (exact) mass is 482 g/mol. The molecule has 1 unspecified atom stereocenters. The Morgan fingerprint density at radius 3 is 0.697 bits per heavy atom. The van der Waals surface area contributed by atoms with Gasteiger partial charge in [0.05, 0.1) is 0 Å². The van der Waals surface area contributed by atoms with Gasteiger partial charge in [0.15, 0.2) is 0 Å². The molecule has 0 fully saturated rings. The SMILES string of the molecule is CCCCCCCCCCCCCCCCCC(S)CCCCCCCCCCCCCC. The zero-order valence-electron chi connectivity index (χ0n) is 23.5. The summed E-state index contributed by atoms with van der Waals surface area (Å²) in [5, 5.41) is 0.662. The Hall–Kier alpha value is 0.350. The first kappa shape index (κ1) is 33.4. The second-order valence-corrected chi connectivity index (χ2v) is 11.8. The zero-order chi connectivity index (χ0) is 24.1. The van der Waals surface area contributed by atoms with Gasteiger partial charge in [-0.15, -0.1) is 0 Å². The molecule has 0 saturated heterocycles. The Labute approximate surface area is 217 Å². The third-order valence-corrected chi connectivity index (χ3v) is 8.05. The normalized spacial score (nSPS) is 12.5. The van der Waals surface area contributed by atoms with Gasteiger partial charge in [0.25, 0.3) is 0 Å². The molecule has 0 amide bonds. The van der Waals surface area contributed by atoms with E-state index in [2.05, 4.69) is 13.8 Å². The Morgan fingerprint density at radius 1 is 0.303 bits per heavy atom. The molecule has 0 aromatic heterocycles. The van der Waals surface area contributed by atoms with Crippen LogP contribution in [0, 0.1) is 0 Å². The Morgan fingerprint density at radius 2 is 0.485 bits per heavy atom. The van der Waals surface area contributed by atoms with E-state index in [1.807, 2.05) is 0 Å². The van der Waals surface area contributed by atoms with Gasteiger partial charge >= 0.3 is 0 Å². The van der Waals surface area contributed by atoms with Crippen molar-refractivity contribution in [2.24, 2.45) is 0 Å². The average Bonchev–Trinajstić information content (AvgIpc) is 2.82. The van der Waals surface area contributed by atoms with Gasteiger partial charge in [-0.05, 0) is 12.8 Å². The predicted molar refractivity (Wildman–Crippen MR) is 158 cm³/mol. The summed E-state index contributed by atoms with van der Waals surface area (Å²) in [7, 11) is 0. The van der Waals surface area contributed by atoms with Crippen LogP contribution in [-0.2, 0) is 0 Å². The number of hydrogen-bond donors (Lipinski definition) is 1. The van der Waals surface area contributed by atoms with Gasteiger partial charge in [-0.25, -0.2) is 0 Å². The van der Waals surface area contributed by atoms with Crippen LogP contribution in [0.15, 0.2) is 0 Å². The molecule has 0 aliphatic carbocycles. The maximum Gasteiger partial charge on any atom is 0.00168 e. The molecule has 33 heavy (non-hydrogen) atoms. The van der Waals surface area contributed by atoms with E-state index >= 15 is 0 Å². The molecule has 0 rings (SSSR count). The lowest BCUT2D eigenvalue weighted by Gasteiger charge is -2.10. The number of hydrogen-bond acceptors (Lipinski definition) is 1. The van der Waals surface area contributed by atoms with E-state index in [0.29, 0.717) is 5.25 Å². The van der Waals surface area contributed by atoms with Crippen LogP contribution in [0.3, 0.4) is 0 Å². The highest BCUT2D eigenvalue weighted by Gasteiger charge is 2.03. The highest BCUT2D eigenvalue weighted by atomic mass is 32.1. The van der Waals surface area contributed by atoms with Crippen LogP contribution in [0.25, 0.3) is 0 Å². The fourth-order valence-corrected chi connectivity index (χ4v) is 5.48. The fourth-order valence-electron chi connectivity index (χ4n) is 5.12. The quantitative estimate of drug-likeness (QED) is 0.0795. The van der Waals surface area contributed by atoms with Crippen LogP contribution in [0.2, 0.25) is 0 Å². The first-order chi connectivity index (χ1) is 16.3. The summed E-state index contributed by atoms with van der Waals surface area (Å²) < 4.78 is 0. The van der Waals surface area contributed by atoms with Gasteiger partial charge in [-0.3, -0.25) is 0 Å². The van der Waals surface area contributed by atoms with E-state index in [4.69, 9.17) is 12.6 Å². The van der Waals surface area contributed by atoms with Gasteiger partial charge in [0, 0.05) is 5.25 Å². The number of unbranched alkanes of at least 4 members (excludes halogenated alkanes) is 25. The van der Waals surface area contributed by atoms with Crippen molar-refractivity contribution in [2.75, 3.05) is 0 Å². The van der Waals surface area contributed by atoms with E-state index in [9.17, 15) is 0 Å². The number of rotatable bonds is 29. The molecule has 1 heteroatoms. The maximum atomic E-state index is 4.86. The summed E-state index contributed by atoms with van der Waals surface area (Å²) in [5.74, 6) is 0. The summed E-state index contributed by atoms with van der Waals surface area (Å²) in [6.45, 7) is 4.61. The fraction of sp³-hybridized carbons (Fsp3) is 1.00. The summed E-state index contributed by atoms with van der Waals surface area (Å²) in [6, 6.07) is 0. The van der Waals surface area contributed by atoms with Gasteiger partial charge in [-0.1, -0.05) is 187 Å². The van der Waals surface area contributed by atoms with Gasteiger partial charge in [0.2, 0.25) is 0 Å². The molecular formula is C32H66S. The van der Waals surface area contributed by atoms with Crippen molar-refractivity contribution in [1.29, 1.82) is 0 Å². The molecule has 0 heterocycles. The summed E-state index contributed by atoms with van der Waals surface area (Å²) in [6.07, 6.45) is 41.9. The molecule has 0 radical (unpaired) electrons. The molecule has 0 saturated carbocycles. The summed E-state index contributed by atoms with van der Waals surface area (Å²) in [5.41, 5.74) is 0. The van der Waals surface area contributed by atoms with Gasteiger partial charge in [0.1, 0.15) is 0 Å². The van der Waals surface area contributed by atoms with E-state index in [0.717, 1.165) is 0 Å². The Bertz CT molecular complexity index is 326. The number of thiol groups is 1. The first-order valence-corrected chi connectivity index (χ1v) is 16.5. The van der Waals surface area contributed by atoms with Crippen LogP contribution in [0.4, 0.5) is 0 Å². The van der Waals surface area contributed by atoms with Crippen molar-refractivity contribution >= 4 is 12.6 Å².